The van der Waals surface area contributed by atoms with Crippen molar-refractivity contribution in [2.24, 2.45) is 0 Å². The first-order valence-corrected chi connectivity index (χ1v) is 6.34. The van der Waals surface area contributed by atoms with Crippen molar-refractivity contribution >= 4 is 17.3 Å². The molecule has 0 unspecified atom stereocenters. The van der Waals surface area contributed by atoms with Gasteiger partial charge in [-0.05, 0) is 36.4 Å². The Morgan fingerprint density at radius 1 is 1.05 bits per heavy atom. The third-order valence-electron chi connectivity index (χ3n) is 2.69. The molecule has 1 heterocycles. The van der Waals surface area contributed by atoms with Gasteiger partial charge in [-0.25, -0.2) is 4.98 Å². The summed E-state index contributed by atoms with van der Waals surface area (Å²) in [7, 11) is 3.97. The normalized spacial score (nSPS) is 9.30. The van der Waals surface area contributed by atoms with Crippen LogP contribution < -0.4 is 4.90 Å². The van der Waals surface area contributed by atoms with E-state index in [1.54, 1.807) is 12.1 Å². The zero-order valence-electron chi connectivity index (χ0n) is 11.2. The lowest BCUT2D eigenvalue weighted by Gasteiger charge is -2.11. The molecule has 0 amide bonds. The maximum absolute atomic E-state index is 8.99. The molecular formula is C16H12ClN3. The van der Waals surface area contributed by atoms with Crippen LogP contribution in [0, 0.1) is 23.2 Å². The molecule has 0 aliphatic rings. The number of anilines is 1. The zero-order valence-corrected chi connectivity index (χ0v) is 11.9. The van der Waals surface area contributed by atoms with Gasteiger partial charge in [0.1, 0.15) is 11.2 Å². The molecule has 0 aliphatic carbocycles. The summed E-state index contributed by atoms with van der Waals surface area (Å²) in [6, 6.07) is 13.2. The van der Waals surface area contributed by atoms with E-state index in [0.29, 0.717) is 10.7 Å². The Bertz CT molecular complexity index is 716. The van der Waals surface area contributed by atoms with Gasteiger partial charge in [0.2, 0.25) is 0 Å². The van der Waals surface area contributed by atoms with Crippen LogP contribution in [0.3, 0.4) is 0 Å². The van der Waals surface area contributed by atoms with Gasteiger partial charge in [0.15, 0.2) is 5.69 Å². The molecule has 0 N–H and O–H groups in total. The van der Waals surface area contributed by atoms with Crippen molar-refractivity contribution in [2.75, 3.05) is 19.0 Å². The average molecular weight is 282 g/mol. The second-order valence-corrected chi connectivity index (χ2v) is 4.72. The van der Waals surface area contributed by atoms with Gasteiger partial charge in [-0.1, -0.05) is 23.4 Å². The minimum atomic E-state index is 0.245. The van der Waals surface area contributed by atoms with E-state index in [0.717, 1.165) is 11.3 Å². The monoisotopic (exact) mass is 281 g/mol. The van der Waals surface area contributed by atoms with Gasteiger partial charge in [-0.15, -0.1) is 0 Å². The lowest BCUT2D eigenvalue weighted by molar-refractivity contribution is 1.13. The Balaban J connectivity index is 2.29. The van der Waals surface area contributed by atoms with Crippen molar-refractivity contribution in [2.45, 2.75) is 0 Å². The number of hydrogen-bond acceptors (Lipinski definition) is 3. The van der Waals surface area contributed by atoms with Crippen LogP contribution >= 0.6 is 11.6 Å². The fourth-order valence-corrected chi connectivity index (χ4v) is 1.75. The molecule has 1 aromatic carbocycles. The number of hydrogen-bond donors (Lipinski definition) is 0. The summed E-state index contributed by atoms with van der Waals surface area (Å²) in [5.41, 5.74) is 2.82. The smallest absolute Gasteiger partial charge is 0.157 e. The maximum atomic E-state index is 8.99. The molecule has 0 saturated heterocycles. The van der Waals surface area contributed by atoms with Crippen molar-refractivity contribution in [1.82, 2.24) is 4.98 Å². The fraction of sp³-hybridized carbons (Fsp3) is 0.125. The standard InChI is InChI=1S/C16H12ClN3/c1-20(2)14-8-4-12(5-9-14)3-6-13-7-10-16(17)19-15(13)11-18/h4-5,7-10H,1-2H3. The van der Waals surface area contributed by atoms with E-state index in [2.05, 4.69) is 16.8 Å². The van der Waals surface area contributed by atoms with Crippen LogP contribution in [0.4, 0.5) is 5.69 Å². The van der Waals surface area contributed by atoms with Crippen molar-refractivity contribution in [1.29, 1.82) is 5.26 Å². The first-order valence-electron chi connectivity index (χ1n) is 5.96. The lowest BCUT2D eigenvalue weighted by Crippen LogP contribution is -2.07. The molecule has 98 valence electrons. The third kappa shape index (κ3) is 3.29. The number of halogens is 1. The SMILES string of the molecule is CN(C)c1ccc(C#Cc2ccc(Cl)nc2C#N)cc1. The van der Waals surface area contributed by atoms with Crippen LogP contribution in [0.5, 0.6) is 0 Å². The fourth-order valence-electron chi connectivity index (χ4n) is 1.60. The topological polar surface area (TPSA) is 39.9 Å². The number of rotatable bonds is 1. The van der Waals surface area contributed by atoms with Gasteiger partial charge in [0.25, 0.3) is 0 Å². The Morgan fingerprint density at radius 2 is 1.75 bits per heavy atom. The predicted octanol–water partition coefficient (Wildman–Crippen LogP) is 3.07. The highest BCUT2D eigenvalue weighted by Gasteiger charge is 2.01. The summed E-state index contributed by atoms with van der Waals surface area (Å²) in [5.74, 6) is 5.97. The van der Waals surface area contributed by atoms with Crippen LogP contribution in [-0.4, -0.2) is 19.1 Å². The minimum Gasteiger partial charge on any atom is -0.378 e. The molecule has 0 aliphatic heterocycles. The van der Waals surface area contributed by atoms with Crippen LogP contribution in [0.2, 0.25) is 5.15 Å². The summed E-state index contributed by atoms with van der Waals surface area (Å²) >= 11 is 5.74. The second-order valence-electron chi connectivity index (χ2n) is 4.33. The molecule has 3 nitrogen and oxygen atoms in total. The highest BCUT2D eigenvalue weighted by Crippen LogP contribution is 2.12. The van der Waals surface area contributed by atoms with E-state index in [9.17, 15) is 0 Å². The largest absolute Gasteiger partial charge is 0.378 e. The van der Waals surface area contributed by atoms with Crippen molar-refractivity contribution in [3.05, 3.63) is 58.4 Å². The van der Waals surface area contributed by atoms with Crippen molar-refractivity contribution in [3.8, 4) is 17.9 Å². The number of nitrogens with zero attached hydrogens (tertiary/aromatic N) is 3. The molecule has 0 spiro atoms. The molecule has 0 atom stereocenters. The molecule has 2 aromatic rings. The molecule has 2 rings (SSSR count). The second kappa shape index (κ2) is 6.10. The van der Waals surface area contributed by atoms with Crippen molar-refractivity contribution < 1.29 is 0 Å². The molecule has 4 heteroatoms. The van der Waals surface area contributed by atoms with Crippen LogP contribution in [0.15, 0.2) is 36.4 Å². The summed E-state index contributed by atoms with van der Waals surface area (Å²) < 4.78 is 0. The highest BCUT2D eigenvalue weighted by atomic mass is 35.5. The molecule has 0 bridgehead atoms. The maximum Gasteiger partial charge on any atom is 0.157 e. The number of aromatic nitrogens is 1. The molecule has 0 saturated carbocycles. The van der Waals surface area contributed by atoms with Gasteiger partial charge in [-0.2, -0.15) is 5.26 Å². The Morgan fingerprint density at radius 3 is 2.35 bits per heavy atom. The Labute approximate surface area is 123 Å². The van der Waals surface area contributed by atoms with Crippen LogP contribution in [-0.2, 0) is 0 Å². The van der Waals surface area contributed by atoms with E-state index in [4.69, 9.17) is 16.9 Å². The zero-order chi connectivity index (χ0) is 14.5. The number of nitriles is 1. The van der Waals surface area contributed by atoms with Gasteiger partial charge in [0.05, 0.1) is 5.56 Å². The van der Waals surface area contributed by atoms with E-state index in [1.165, 1.54) is 0 Å². The molecular weight excluding hydrogens is 270 g/mol. The van der Waals surface area contributed by atoms with E-state index in [-0.39, 0.29) is 5.69 Å². The quantitative estimate of drug-likeness (QED) is 0.596. The van der Waals surface area contributed by atoms with Gasteiger partial charge in [0, 0.05) is 25.3 Å². The van der Waals surface area contributed by atoms with E-state index >= 15 is 0 Å². The Hall–Kier alpha value is -2.49. The predicted molar refractivity (Wildman–Crippen MR) is 80.7 cm³/mol. The van der Waals surface area contributed by atoms with E-state index in [1.807, 2.05) is 49.3 Å². The van der Waals surface area contributed by atoms with Crippen molar-refractivity contribution in [3.63, 3.8) is 0 Å². The van der Waals surface area contributed by atoms with Gasteiger partial charge >= 0.3 is 0 Å². The minimum absolute atomic E-state index is 0.245. The number of benzene rings is 1. The first kappa shape index (κ1) is 13.9. The summed E-state index contributed by atoms with van der Waals surface area (Å²) in [6.45, 7) is 0. The molecule has 1 aromatic heterocycles. The summed E-state index contributed by atoms with van der Waals surface area (Å²) in [6.07, 6.45) is 0. The third-order valence-corrected chi connectivity index (χ3v) is 2.90. The summed E-state index contributed by atoms with van der Waals surface area (Å²) in [4.78, 5) is 5.96. The van der Waals surface area contributed by atoms with Gasteiger partial charge < -0.3 is 4.90 Å². The van der Waals surface area contributed by atoms with Crippen LogP contribution in [0.25, 0.3) is 0 Å². The average Bonchev–Trinajstić information content (AvgIpc) is 2.46. The van der Waals surface area contributed by atoms with E-state index < -0.39 is 0 Å². The summed E-state index contributed by atoms with van der Waals surface area (Å²) in [5, 5.41) is 9.29. The molecule has 0 radical (unpaired) electrons. The number of pyridine rings is 1. The van der Waals surface area contributed by atoms with Gasteiger partial charge in [-0.3, -0.25) is 0 Å². The molecule has 20 heavy (non-hydrogen) atoms. The lowest BCUT2D eigenvalue weighted by atomic mass is 10.1. The highest BCUT2D eigenvalue weighted by molar-refractivity contribution is 6.29. The molecule has 0 fully saturated rings. The van der Waals surface area contributed by atoms with Crippen LogP contribution in [0.1, 0.15) is 16.8 Å². The Kier molecular flexibility index (Phi) is 4.25. The first-order chi connectivity index (χ1) is 9.60.